The van der Waals surface area contributed by atoms with Gasteiger partial charge in [-0.25, -0.2) is 5.43 Å². The Morgan fingerprint density at radius 1 is 1.12 bits per heavy atom. The fourth-order valence-electron chi connectivity index (χ4n) is 3.87. The average Bonchev–Trinajstić information content (AvgIpc) is 2.58. The van der Waals surface area contributed by atoms with Gasteiger partial charge in [-0.1, -0.05) is 13.3 Å². The first-order valence-corrected chi connectivity index (χ1v) is 9.56. The van der Waals surface area contributed by atoms with E-state index in [1.165, 1.54) is 32.4 Å². The van der Waals surface area contributed by atoms with E-state index >= 15 is 0 Å². The summed E-state index contributed by atoms with van der Waals surface area (Å²) in [6.07, 6.45) is 7.43. The first-order valence-electron chi connectivity index (χ1n) is 9.56. The van der Waals surface area contributed by atoms with Crippen LogP contribution in [0.5, 0.6) is 5.75 Å². The van der Waals surface area contributed by atoms with Gasteiger partial charge in [0, 0.05) is 31.5 Å². The van der Waals surface area contributed by atoms with Gasteiger partial charge in [0.05, 0.1) is 5.71 Å². The fourth-order valence-corrected chi connectivity index (χ4v) is 3.87. The van der Waals surface area contributed by atoms with Crippen LogP contribution in [0.15, 0.2) is 29.4 Å². The van der Waals surface area contributed by atoms with Crippen molar-refractivity contribution < 1.29 is 9.53 Å². The summed E-state index contributed by atoms with van der Waals surface area (Å²) in [5.74, 6) is 0.903. The van der Waals surface area contributed by atoms with Crippen molar-refractivity contribution >= 4 is 24.0 Å². The Morgan fingerprint density at radius 2 is 1.81 bits per heavy atom. The zero-order valence-corrected chi connectivity index (χ0v) is 16.1. The van der Waals surface area contributed by atoms with Crippen LogP contribution in [0, 0.1) is 5.92 Å². The van der Waals surface area contributed by atoms with Crippen LogP contribution in [-0.4, -0.2) is 41.8 Å². The third-order valence-electron chi connectivity index (χ3n) is 5.81. The number of nitrogens with one attached hydrogen (secondary N) is 1. The highest BCUT2D eigenvalue weighted by Crippen LogP contribution is 2.28. The minimum Gasteiger partial charge on any atom is -0.490 e. The number of carbonyl (C=O) groups excluding carboxylic acids is 1. The molecule has 5 nitrogen and oxygen atoms in total. The molecule has 2 heterocycles. The number of ether oxygens (including phenoxy) is 1. The van der Waals surface area contributed by atoms with Crippen molar-refractivity contribution in [2.45, 2.75) is 57.6 Å². The van der Waals surface area contributed by atoms with Gasteiger partial charge in [-0.15, -0.1) is 12.4 Å². The second-order valence-corrected chi connectivity index (χ2v) is 7.60. The van der Waals surface area contributed by atoms with E-state index in [9.17, 15) is 4.79 Å². The van der Waals surface area contributed by atoms with Crippen molar-refractivity contribution in [3.05, 3.63) is 29.8 Å². The number of piperidine rings is 1. The van der Waals surface area contributed by atoms with E-state index < -0.39 is 0 Å². The van der Waals surface area contributed by atoms with Crippen LogP contribution in [0.4, 0.5) is 0 Å². The molecule has 6 heteroatoms. The average molecular weight is 378 g/mol. The summed E-state index contributed by atoms with van der Waals surface area (Å²) < 4.78 is 6.18. The van der Waals surface area contributed by atoms with Gasteiger partial charge >= 0.3 is 0 Å². The lowest BCUT2D eigenvalue weighted by Gasteiger charge is -2.41. The smallest absolute Gasteiger partial charge is 0.243 e. The van der Waals surface area contributed by atoms with Gasteiger partial charge in [-0.3, -0.25) is 4.79 Å². The number of amides is 1. The number of likely N-dealkylation sites (tertiary alicyclic amines) is 1. The van der Waals surface area contributed by atoms with Crippen LogP contribution in [0.2, 0.25) is 0 Å². The van der Waals surface area contributed by atoms with Gasteiger partial charge in [0.1, 0.15) is 11.9 Å². The molecule has 0 spiro atoms. The maximum absolute atomic E-state index is 11.5. The molecule has 1 atom stereocenters. The van der Waals surface area contributed by atoms with E-state index in [-0.39, 0.29) is 24.2 Å². The summed E-state index contributed by atoms with van der Waals surface area (Å²) in [6, 6.07) is 8.98. The van der Waals surface area contributed by atoms with Gasteiger partial charge in [-0.2, -0.15) is 5.10 Å². The highest BCUT2D eigenvalue weighted by atomic mass is 35.5. The first-order chi connectivity index (χ1) is 12.2. The van der Waals surface area contributed by atoms with E-state index in [0.717, 1.165) is 35.9 Å². The fraction of sp³-hybridized carbons (Fsp3) is 0.600. The second kappa shape index (κ2) is 8.40. The molecule has 2 fully saturated rings. The Hall–Kier alpha value is -1.59. The quantitative estimate of drug-likeness (QED) is 0.875. The van der Waals surface area contributed by atoms with Gasteiger partial charge in [0.15, 0.2) is 0 Å². The van der Waals surface area contributed by atoms with Crippen LogP contribution < -0.4 is 10.2 Å². The van der Waals surface area contributed by atoms with Gasteiger partial charge in [0.25, 0.3) is 0 Å². The molecular formula is C20H28ClN3O2. The van der Waals surface area contributed by atoms with Crippen molar-refractivity contribution in [3.63, 3.8) is 0 Å². The highest BCUT2D eigenvalue weighted by molar-refractivity contribution is 6.04. The predicted octanol–water partition coefficient (Wildman–Crippen LogP) is 3.36. The van der Waals surface area contributed by atoms with Crippen molar-refractivity contribution in [3.8, 4) is 5.75 Å². The molecule has 4 rings (SSSR count). The minimum absolute atomic E-state index is 0. The Morgan fingerprint density at radius 3 is 2.38 bits per heavy atom. The lowest BCUT2D eigenvalue weighted by molar-refractivity contribution is -0.124. The maximum atomic E-state index is 11.5. The standard InChI is InChI=1S/C20H27N3O2.ClH/c1-14-13-19(21-22-20(14)24)15-5-7-17(8-6-15)25-18-9-11-23(12-10-18)16-3-2-4-16;/h5-8,14,16,18H,2-4,9-13H2,1H3,(H,22,24);1H. The van der Waals surface area contributed by atoms with Crippen LogP contribution in [0.25, 0.3) is 0 Å². The molecular weight excluding hydrogens is 350 g/mol. The molecule has 1 saturated heterocycles. The molecule has 0 bridgehead atoms. The molecule has 1 N–H and O–H groups in total. The zero-order valence-electron chi connectivity index (χ0n) is 15.3. The third-order valence-corrected chi connectivity index (χ3v) is 5.81. The van der Waals surface area contributed by atoms with E-state index in [4.69, 9.17) is 4.74 Å². The normalized spacial score (nSPS) is 24.9. The number of benzene rings is 1. The molecule has 2 aliphatic heterocycles. The molecule has 1 amide bonds. The van der Waals surface area contributed by atoms with Crippen LogP contribution in [-0.2, 0) is 4.79 Å². The zero-order chi connectivity index (χ0) is 17.2. The second-order valence-electron chi connectivity index (χ2n) is 7.60. The van der Waals surface area contributed by atoms with E-state index in [0.29, 0.717) is 12.5 Å². The summed E-state index contributed by atoms with van der Waals surface area (Å²) in [4.78, 5) is 14.1. The Balaban J connectivity index is 0.00000196. The molecule has 0 radical (unpaired) electrons. The van der Waals surface area contributed by atoms with Crippen LogP contribution >= 0.6 is 12.4 Å². The summed E-state index contributed by atoms with van der Waals surface area (Å²) >= 11 is 0. The van der Waals surface area contributed by atoms with Crippen molar-refractivity contribution in [2.75, 3.05) is 13.1 Å². The molecule has 1 saturated carbocycles. The SMILES string of the molecule is CC1CC(c2ccc(OC3CCN(C4CCC4)CC3)cc2)=NNC1=O.Cl. The Bertz CT molecular complexity index is 650. The first kappa shape index (κ1) is 19.2. The number of hydrogen-bond acceptors (Lipinski definition) is 4. The van der Waals surface area contributed by atoms with Gasteiger partial charge in [-0.05, 0) is 55.5 Å². The van der Waals surface area contributed by atoms with E-state index in [1.807, 2.05) is 31.2 Å². The number of hydrazone groups is 1. The molecule has 26 heavy (non-hydrogen) atoms. The maximum Gasteiger partial charge on any atom is 0.243 e. The van der Waals surface area contributed by atoms with Crippen LogP contribution in [0.3, 0.4) is 0 Å². The summed E-state index contributed by atoms with van der Waals surface area (Å²) in [5.41, 5.74) is 4.59. The predicted molar refractivity (Wildman–Crippen MR) is 105 cm³/mol. The monoisotopic (exact) mass is 377 g/mol. The number of nitrogens with zero attached hydrogens (tertiary/aromatic N) is 2. The third kappa shape index (κ3) is 4.21. The summed E-state index contributed by atoms with van der Waals surface area (Å²) in [7, 11) is 0. The minimum atomic E-state index is -0.0238. The van der Waals surface area contributed by atoms with Crippen molar-refractivity contribution in [2.24, 2.45) is 11.0 Å². The summed E-state index contributed by atoms with van der Waals surface area (Å²) in [5, 5.41) is 4.19. The van der Waals surface area contributed by atoms with Gasteiger partial charge in [0.2, 0.25) is 5.91 Å². The number of carbonyl (C=O) groups is 1. The number of rotatable bonds is 4. The lowest BCUT2D eigenvalue weighted by Crippen LogP contribution is -2.46. The molecule has 3 aliphatic rings. The van der Waals surface area contributed by atoms with Crippen molar-refractivity contribution in [1.82, 2.24) is 10.3 Å². The number of hydrogen-bond donors (Lipinski definition) is 1. The lowest BCUT2D eigenvalue weighted by atomic mass is 9.90. The molecule has 0 aromatic heterocycles. The molecule has 1 aromatic carbocycles. The van der Waals surface area contributed by atoms with Crippen LogP contribution in [0.1, 0.15) is 51.0 Å². The molecule has 1 aromatic rings. The van der Waals surface area contributed by atoms with E-state index in [1.54, 1.807) is 0 Å². The van der Waals surface area contributed by atoms with Gasteiger partial charge < -0.3 is 9.64 Å². The topological polar surface area (TPSA) is 53.9 Å². The summed E-state index contributed by atoms with van der Waals surface area (Å²) in [6.45, 7) is 4.26. The number of halogens is 1. The molecule has 142 valence electrons. The van der Waals surface area contributed by atoms with E-state index in [2.05, 4.69) is 15.4 Å². The largest absolute Gasteiger partial charge is 0.490 e. The molecule has 1 aliphatic carbocycles. The Labute approximate surface area is 161 Å². The Kier molecular flexibility index (Phi) is 6.20. The molecule has 1 unspecified atom stereocenters. The van der Waals surface area contributed by atoms with Crippen molar-refractivity contribution in [1.29, 1.82) is 0 Å². The highest BCUT2D eigenvalue weighted by Gasteiger charge is 2.29.